The molecule has 1 amide bonds. The highest BCUT2D eigenvalue weighted by Gasteiger charge is 2.21. The Labute approximate surface area is 171 Å². The molecule has 29 heavy (non-hydrogen) atoms. The molecule has 1 aliphatic heterocycles. The Balaban J connectivity index is 1.22. The zero-order valence-electron chi connectivity index (χ0n) is 15.5. The summed E-state index contributed by atoms with van der Waals surface area (Å²) in [6.07, 6.45) is -0.0547. The molecule has 2 heterocycles. The van der Waals surface area contributed by atoms with Gasteiger partial charge in [-0.1, -0.05) is 12.1 Å². The molecule has 0 saturated heterocycles. The molecule has 0 unspecified atom stereocenters. The van der Waals surface area contributed by atoms with E-state index in [0.29, 0.717) is 36.1 Å². The van der Waals surface area contributed by atoms with Crippen LogP contribution in [0.15, 0.2) is 53.9 Å². The van der Waals surface area contributed by atoms with E-state index in [1.807, 2.05) is 29.6 Å². The standard InChI is InChI=1S/C21H19FN2O4S/c22-14-5-7-16(8-6-14)26-12-21-24-15(13-29-21)9-20(25)23-10-17-11-27-18-3-1-2-4-19(18)28-17/h1-8,13,17H,9-12H2,(H,23,25)/t17-/m0/s1. The smallest absolute Gasteiger partial charge is 0.226 e. The summed E-state index contributed by atoms with van der Waals surface area (Å²) in [7, 11) is 0. The number of amides is 1. The van der Waals surface area contributed by atoms with Crippen molar-refractivity contribution < 1.29 is 23.4 Å². The van der Waals surface area contributed by atoms with Crippen LogP contribution in [-0.2, 0) is 17.8 Å². The molecule has 4 rings (SSSR count). The second-order valence-corrected chi connectivity index (χ2v) is 7.40. The highest BCUT2D eigenvalue weighted by Crippen LogP contribution is 2.30. The number of hydrogen-bond acceptors (Lipinski definition) is 6. The molecule has 8 heteroatoms. The van der Waals surface area contributed by atoms with Crippen molar-refractivity contribution >= 4 is 17.2 Å². The van der Waals surface area contributed by atoms with Gasteiger partial charge >= 0.3 is 0 Å². The van der Waals surface area contributed by atoms with Gasteiger partial charge in [0.1, 0.15) is 35.9 Å². The van der Waals surface area contributed by atoms with Crippen molar-refractivity contribution in [2.75, 3.05) is 13.2 Å². The van der Waals surface area contributed by atoms with Crippen molar-refractivity contribution in [1.82, 2.24) is 10.3 Å². The van der Waals surface area contributed by atoms with Crippen molar-refractivity contribution in [3.05, 3.63) is 70.4 Å². The summed E-state index contributed by atoms with van der Waals surface area (Å²) in [6.45, 7) is 1.02. The van der Waals surface area contributed by atoms with Crippen molar-refractivity contribution in [1.29, 1.82) is 0 Å². The third kappa shape index (κ3) is 5.23. The van der Waals surface area contributed by atoms with Crippen LogP contribution in [-0.4, -0.2) is 30.1 Å². The Morgan fingerprint density at radius 3 is 2.83 bits per heavy atom. The highest BCUT2D eigenvalue weighted by molar-refractivity contribution is 7.09. The molecule has 1 N–H and O–H groups in total. The molecule has 0 spiro atoms. The van der Waals surface area contributed by atoms with Crippen LogP contribution in [0.2, 0.25) is 0 Å². The van der Waals surface area contributed by atoms with Crippen molar-refractivity contribution in [3.8, 4) is 17.2 Å². The first-order valence-corrected chi connectivity index (χ1v) is 10.0. The van der Waals surface area contributed by atoms with E-state index in [9.17, 15) is 9.18 Å². The Kier molecular flexibility index (Phi) is 5.90. The van der Waals surface area contributed by atoms with Crippen molar-refractivity contribution in [2.24, 2.45) is 0 Å². The maximum absolute atomic E-state index is 12.9. The largest absolute Gasteiger partial charge is 0.486 e. The highest BCUT2D eigenvalue weighted by atomic mass is 32.1. The quantitative estimate of drug-likeness (QED) is 0.642. The minimum Gasteiger partial charge on any atom is -0.486 e. The zero-order valence-corrected chi connectivity index (χ0v) is 16.3. The molecule has 3 aromatic rings. The molecule has 0 saturated carbocycles. The number of thiazole rings is 1. The number of hydrogen-bond donors (Lipinski definition) is 1. The number of aromatic nitrogens is 1. The van der Waals surface area contributed by atoms with E-state index in [0.717, 1.165) is 5.01 Å². The minimum atomic E-state index is -0.311. The maximum Gasteiger partial charge on any atom is 0.226 e. The summed E-state index contributed by atoms with van der Waals surface area (Å²) < 4.78 is 29.9. The van der Waals surface area contributed by atoms with Gasteiger partial charge in [0.2, 0.25) is 5.91 Å². The summed E-state index contributed by atoms with van der Waals surface area (Å²) >= 11 is 1.42. The summed E-state index contributed by atoms with van der Waals surface area (Å²) in [5.74, 6) is 1.52. The average Bonchev–Trinajstić information content (AvgIpc) is 3.19. The topological polar surface area (TPSA) is 69.7 Å². The molecular formula is C21H19FN2O4S. The Morgan fingerprint density at radius 1 is 1.21 bits per heavy atom. The SMILES string of the molecule is O=C(Cc1csc(COc2ccc(F)cc2)n1)NC[C@H]1COc2ccccc2O1. The zero-order chi connectivity index (χ0) is 20.1. The first-order valence-electron chi connectivity index (χ1n) is 9.12. The third-order valence-electron chi connectivity index (χ3n) is 4.21. The van der Waals surface area contributed by atoms with Crippen LogP contribution in [0, 0.1) is 5.82 Å². The van der Waals surface area contributed by atoms with Gasteiger partial charge in [-0.05, 0) is 36.4 Å². The molecule has 1 atom stereocenters. The normalized spacial score (nSPS) is 15.0. The monoisotopic (exact) mass is 414 g/mol. The number of carbonyl (C=O) groups is 1. The van der Waals surface area contributed by atoms with Crippen LogP contribution in [0.1, 0.15) is 10.7 Å². The maximum atomic E-state index is 12.9. The fourth-order valence-corrected chi connectivity index (χ4v) is 3.50. The number of benzene rings is 2. The minimum absolute atomic E-state index is 0.135. The number of para-hydroxylation sites is 2. The van der Waals surface area contributed by atoms with E-state index in [1.54, 1.807) is 12.1 Å². The summed E-state index contributed by atoms with van der Waals surface area (Å²) in [4.78, 5) is 16.6. The molecule has 0 bridgehead atoms. The van der Waals surface area contributed by atoms with Crippen LogP contribution in [0.3, 0.4) is 0 Å². The van der Waals surface area contributed by atoms with Gasteiger partial charge in [0.25, 0.3) is 0 Å². The fourth-order valence-electron chi connectivity index (χ4n) is 2.79. The average molecular weight is 414 g/mol. The van der Waals surface area contributed by atoms with E-state index in [1.165, 1.54) is 23.5 Å². The number of ether oxygens (including phenoxy) is 3. The molecule has 0 radical (unpaired) electrons. The lowest BCUT2D eigenvalue weighted by Crippen LogP contribution is -2.41. The Morgan fingerprint density at radius 2 is 2.00 bits per heavy atom. The third-order valence-corrected chi connectivity index (χ3v) is 5.08. The molecule has 6 nitrogen and oxygen atoms in total. The molecular weight excluding hydrogens is 395 g/mol. The predicted molar refractivity (Wildman–Crippen MR) is 106 cm³/mol. The van der Waals surface area contributed by atoms with Crippen molar-refractivity contribution in [2.45, 2.75) is 19.1 Å². The van der Waals surface area contributed by atoms with Gasteiger partial charge in [-0.25, -0.2) is 9.37 Å². The molecule has 0 aliphatic carbocycles. The fraction of sp³-hybridized carbons (Fsp3) is 0.238. The number of nitrogens with zero attached hydrogens (tertiary/aromatic N) is 1. The van der Waals surface area contributed by atoms with E-state index in [2.05, 4.69) is 10.3 Å². The van der Waals surface area contributed by atoms with Gasteiger partial charge < -0.3 is 19.5 Å². The van der Waals surface area contributed by atoms with Gasteiger partial charge in [-0.15, -0.1) is 11.3 Å². The van der Waals surface area contributed by atoms with Gasteiger partial charge in [-0.2, -0.15) is 0 Å². The van der Waals surface area contributed by atoms with Gasteiger partial charge in [0.05, 0.1) is 18.7 Å². The lowest BCUT2D eigenvalue weighted by atomic mass is 10.2. The van der Waals surface area contributed by atoms with Gasteiger partial charge in [-0.3, -0.25) is 4.79 Å². The van der Waals surface area contributed by atoms with Crippen molar-refractivity contribution in [3.63, 3.8) is 0 Å². The summed E-state index contributed by atoms with van der Waals surface area (Å²) in [6, 6.07) is 13.3. The first kappa shape index (κ1) is 19.2. The van der Waals surface area contributed by atoms with E-state index < -0.39 is 0 Å². The van der Waals surface area contributed by atoms with Crippen LogP contribution < -0.4 is 19.5 Å². The van der Waals surface area contributed by atoms with Crippen LogP contribution in [0.4, 0.5) is 4.39 Å². The number of nitrogens with one attached hydrogen (secondary N) is 1. The Bertz CT molecular complexity index is 977. The molecule has 1 aliphatic rings. The lowest BCUT2D eigenvalue weighted by Gasteiger charge is -2.26. The van der Waals surface area contributed by atoms with Crippen LogP contribution >= 0.6 is 11.3 Å². The van der Waals surface area contributed by atoms with E-state index in [4.69, 9.17) is 14.2 Å². The molecule has 150 valence electrons. The predicted octanol–water partition coefficient (Wildman–Crippen LogP) is 3.36. The molecule has 2 aromatic carbocycles. The van der Waals surface area contributed by atoms with Gasteiger partial charge in [0.15, 0.2) is 11.5 Å². The molecule has 1 aromatic heterocycles. The second-order valence-electron chi connectivity index (χ2n) is 6.45. The lowest BCUT2D eigenvalue weighted by molar-refractivity contribution is -0.121. The Hall–Kier alpha value is -3.13. The first-order chi connectivity index (χ1) is 14.2. The van der Waals surface area contributed by atoms with Gasteiger partial charge in [0, 0.05) is 5.38 Å². The van der Waals surface area contributed by atoms with Crippen LogP contribution in [0.5, 0.6) is 17.2 Å². The number of halogens is 1. The van der Waals surface area contributed by atoms with E-state index in [-0.39, 0.29) is 30.9 Å². The second kappa shape index (κ2) is 8.91. The number of rotatable bonds is 7. The molecule has 0 fully saturated rings. The van der Waals surface area contributed by atoms with Crippen LogP contribution in [0.25, 0.3) is 0 Å². The van der Waals surface area contributed by atoms with E-state index >= 15 is 0 Å². The number of fused-ring (bicyclic) bond motifs is 1. The summed E-state index contributed by atoms with van der Waals surface area (Å²) in [5, 5.41) is 5.44. The summed E-state index contributed by atoms with van der Waals surface area (Å²) in [5.41, 5.74) is 0.677. The number of carbonyl (C=O) groups excluding carboxylic acids is 1.